The molecule has 0 radical (unpaired) electrons. The summed E-state index contributed by atoms with van der Waals surface area (Å²) in [4.78, 5) is 15.1. The van der Waals surface area contributed by atoms with Gasteiger partial charge in [0.15, 0.2) is 0 Å². The van der Waals surface area contributed by atoms with E-state index >= 15 is 0 Å². The van der Waals surface area contributed by atoms with Crippen LogP contribution in [-0.2, 0) is 22.5 Å². The molecule has 2 saturated heterocycles. The van der Waals surface area contributed by atoms with Crippen LogP contribution in [0.25, 0.3) is 0 Å². The molecule has 0 saturated carbocycles. The number of amides is 1. The molecule has 0 aliphatic carbocycles. The quantitative estimate of drug-likeness (QED) is 0.909. The minimum absolute atomic E-state index is 0.161. The van der Waals surface area contributed by atoms with Crippen LogP contribution in [0.2, 0.25) is 0 Å². The maximum absolute atomic E-state index is 12.5. The van der Waals surface area contributed by atoms with Gasteiger partial charge in [-0.2, -0.15) is 0 Å². The summed E-state index contributed by atoms with van der Waals surface area (Å²) in [5.41, 5.74) is 2.42. The van der Waals surface area contributed by atoms with E-state index in [1.54, 1.807) is 0 Å². The fourth-order valence-corrected chi connectivity index (χ4v) is 4.26. The minimum Gasteiger partial charge on any atom is -0.493 e. The standard InChI is InChI=1S/C20H28N2O3/c23-20(21-14-15-1-2-19-17(13-15)5-12-25-19)16-3-8-22(9-4-16)18-6-10-24-11-7-18/h1-2,13,16,18H,3-12,14H2,(H,21,23). The van der Waals surface area contributed by atoms with Gasteiger partial charge in [-0.3, -0.25) is 4.79 Å². The molecule has 1 aromatic rings. The van der Waals surface area contributed by atoms with Crippen molar-refractivity contribution in [3.8, 4) is 5.75 Å². The van der Waals surface area contributed by atoms with Crippen molar-refractivity contribution in [2.75, 3.05) is 32.9 Å². The second-order valence-electron chi connectivity index (χ2n) is 7.41. The van der Waals surface area contributed by atoms with E-state index in [1.165, 1.54) is 5.56 Å². The summed E-state index contributed by atoms with van der Waals surface area (Å²) < 4.78 is 11.0. The van der Waals surface area contributed by atoms with Crippen molar-refractivity contribution in [3.05, 3.63) is 29.3 Å². The van der Waals surface area contributed by atoms with Crippen molar-refractivity contribution in [1.29, 1.82) is 0 Å². The van der Waals surface area contributed by atoms with Crippen LogP contribution < -0.4 is 10.1 Å². The van der Waals surface area contributed by atoms with Gasteiger partial charge in [-0.15, -0.1) is 0 Å². The van der Waals surface area contributed by atoms with Crippen LogP contribution in [0.1, 0.15) is 36.8 Å². The van der Waals surface area contributed by atoms with Crippen LogP contribution in [0.15, 0.2) is 18.2 Å². The van der Waals surface area contributed by atoms with Crippen LogP contribution >= 0.6 is 0 Å². The van der Waals surface area contributed by atoms with Crippen LogP contribution in [0, 0.1) is 5.92 Å². The maximum Gasteiger partial charge on any atom is 0.223 e. The Labute approximate surface area is 149 Å². The first-order valence-corrected chi connectivity index (χ1v) is 9.64. The third kappa shape index (κ3) is 3.98. The fourth-order valence-electron chi connectivity index (χ4n) is 4.26. The normalized spacial score (nSPS) is 22.4. The molecular weight excluding hydrogens is 316 g/mol. The van der Waals surface area contributed by atoms with Crippen molar-refractivity contribution >= 4 is 5.91 Å². The first kappa shape index (κ1) is 16.9. The molecule has 5 nitrogen and oxygen atoms in total. The van der Waals surface area contributed by atoms with E-state index < -0.39 is 0 Å². The van der Waals surface area contributed by atoms with Crippen molar-refractivity contribution in [3.63, 3.8) is 0 Å². The molecule has 0 bridgehead atoms. The predicted octanol–water partition coefficient (Wildman–Crippen LogP) is 2.13. The molecule has 3 heterocycles. The van der Waals surface area contributed by atoms with Crippen molar-refractivity contribution in [2.24, 2.45) is 5.92 Å². The summed E-state index contributed by atoms with van der Waals surface area (Å²) in [6.45, 7) is 5.24. The lowest BCUT2D eigenvalue weighted by molar-refractivity contribution is -0.127. The average Bonchev–Trinajstić information content (AvgIpc) is 3.15. The molecule has 3 aliphatic rings. The molecule has 3 aliphatic heterocycles. The zero-order chi connectivity index (χ0) is 17.1. The highest BCUT2D eigenvalue weighted by Gasteiger charge is 2.29. The van der Waals surface area contributed by atoms with Gasteiger partial charge in [-0.1, -0.05) is 12.1 Å². The van der Waals surface area contributed by atoms with Gasteiger partial charge in [0.1, 0.15) is 5.75 Å². The molecular formula is C20H28N2O3. The molecule has 4 rings (SSSR count). The molecule has 25 heavy (non-hydrogen) atoms. The topological polar surface area (TPSA) is 50.8 Å². The van der Waals surface area contributed by atoms with Crippen LogP contribution in [-0.4, -0.2) is 49.8 Å². The van der Waals surface area contributed by atoms with E-state index in [0.717, 1.165) is 76.3 Å². The highest BCUT2D eigenvalue weighted by Crippen LogP contribution is 2.26. The van der Waals surface area contributed by atoms with E-state index in [2.05, 4.69) is 22.3 Å². The Morgan fingerprint density at radius 2 is 1.92 bits per heavy atom. The number of nitrogens with one attached hydrogen (secondary N) is 1. The fraction of sp³-hybridized carbons (Fsp3) is 0.650. The summed E-state index contributed by atoms with van der Waals surface area (Å²) in [5.74, 6) is 1.37. The van der Waals surface area contributed by atoms with Gasteiger partial charge < -0.3 is 19.7 Å². The van der Waals surface area contributed by atoms with Crippen molar-refractivity contribution in [1.82, 2.24) is 10.2 Å². The Morgan fingerprint density at radius 1 is 1.12 bits per heavy atom. The molecule has 1 amide bonds. The first-order chi connectivity index (χ1) is 12.3. The zero-order valence-corrected chi connectivity index (χ0v) is 14.8. The third-order valence-electron chi connectivity index (χ3n) is 5.83. The molecule has 0 unspecified atom stereocenters. The number of nitrogens with zero attached hydrogens (tertiary/aromatic N) is 1. The minimum atomic E-state index is 0.161. The highest BCUT2D eigenvalue weighted by atomic mass is 16.5. The lowest BCUT2D eigenvalue weighted by atomic mass is 9.93. The van der Waals surface area contributed by atoms with E-state index in [1.807, 2.05) is 6.07 Å². The Balaban J connectivity index is 1.23. The molecule has 0 aromatic heterocycles. The Hall–Kier alpha value is -1.59. The monoisotopic (exact) mass is 344 g/mol. The average molecular weight is 344 g/mol. The first-order valence-electron chi connectivity index (χ1n) is 9.64. The van der Waals surface area contributed by atoms with E-state index in [4.69, 9.17) is 9.47 Å². The number of hydrogen-bond acceptors (Lipinski definition) is 4. The van der Waals surface area contributed by atoms with E-state index in [9.17, 15) is 4.79 Å². The van der Waals surface area contributed by atoms with Gasteiger partial charge in [-0.05, 0) is 56.0 Å². The van der Waals surface area contributed by atoms with Gasteiger partial charge in [0.2, 0.25) is 5.91 Å². The number of carbonyl (C=O) groups excluding carboxylic acids is 1. The SMILES string of the molecule is O=C(NCc1ccc2c(c1)CCO2)C1CCN(C2CCOCC2)CC1. The second-order valence-corrected chi connectivity index (χ2v) is 7.41. The summed E-state index contributed by atoms with van der Waals surface area (Å²) in [6.07, 6.45) is 5.20. The van der Waals surface area contributed by atoms with Crippen LogP contribution in [0.3, 0.4) is 0 Å². The number of likely N-dealkylation sites (tertiary alicyclic amines) is 1. The Kier molecular flexibility index (Phi) is 5.22. The molecule has 2 fully saturated rings. The number of fused-ring (bicyclic) bond motifs is 1. The smallest absolute Gasteiger partial charge is 0.223 e. The summed E-state index contributed by atoms with van der Waals surface area (Å²) in [5, 5.41) is 3.14. The number of benzene rings is 1. The van der Waals surface area contributed by atoms with Gasteiger partial charge in [0.25, 0.3) is 0 Å². The number of rotatable bonds is 4. The van der Waals surface area contributed by atoms with Gasteiger partial charge in [0.05, 0.1) is 6.61 Å². The van der Waals surface area contributed by atoms with E-state index in [0.29, 0.717) is 12.6 Å². The highest BCUT2D eigenvalue weighted by molar-refractivity contribution is 5.78. The van der Waals surface area contributed by atoms with Crippen molar-refractivity contribution in [2.45, 2.75) is 44.7 Å². The van der Waals surface area contributed by atoms with E-state index in [-0.39, 0.29) is 11.8 Å². The maximum atomic E-state index is 12.5. The molecule has 136 valence electrons. The van der Waals surface area contributed by atoms with Gasteiger partial charge in [-0.25, -0.2) is 0 Å². The molecule has 0 spiro atoms. The van der Waals surface area contributed by atoms with Crippen molar-refractivity contribution < 1.29 is 14.3 Å². The molecule has 1 aromatic carbocycles. The number of hydrogen-bond donors (Lipinski definition) is 1. The molecule has 5 heteroatoms. The molecule has 0 atom stereocenters. The lowest BCUT2D eigenvalue weighted by Gasteiger charge is -2.38. The largest absolute Gasteiger partial charge is 0.493 e. The molecule has 1 N–H and O–H groups in total. The number of carbonyl (C=O) groups is 1. The summed E-state index contributed by atoms with van der Waals surface area (Å²) in [6, 6.07) is 6.90. The Bertz CT molecular complexity index is 605. The van der Waals surface area contributed by atoms with Crippen LogP contribution in [0.5, 0.6) is 5.75 Å². The second kappa shape index (κ2) is 7.75. The summed E-state index contributed by atoms with van der Waals surface area (Å²) in [7, 11) is 0. The Morgan fingerprint density at radius 3 is 2.72 bits per heavy atom. The van der Waals surface area contributed by atoms with Crippen LogP contribution in [0.4, 0.5) is 0 Å². The summed E-state index contributed by atoms with van der Waals surface area (Å²) >= 11 is 0. The number of ether oxygens (including phenoxy) is 2. The van der Waals surface area contributed by atoms with Gasteiger partial charge >= 0.3 is 0 Å². The van der Waals surface area contributed by atoms with Gasteiger partial charge in [0, 0.05) is 38.1 Å². The number of piperidine rings is 1. The lowest BCUT2D eigenvalue weighted by Crippen LogP contribution is -2.46. The third-order valence-corrected chi connectivity index (χ3v) is 5.83. The predicted molar refractivity (Wildman–Crippen MR) is 95.6 cm³/mol. The zero-order valence-electron chi connectivity index (χ0n) is 14.8.